The average molecular weight is 284 g/mol. The number of carbonyl (C=O) groups excluding carboxylic acids is 1. The van der Waals surface area contributed by atoms with Gasteiger partial charge in [0.2, 0.25) is 0 Å². The molecule has 5 heteroatoms. The summed E-state index contributed by atoms with van der Waals surface area (Å²) in [6, 6.07) is 3.86. The third-order valence-electron chi connectivity index (χ3n) is 3.30. The maximum absolute atomic E-state index is 11.5. The molecule has 1 aromatic rings. The number of rotatable bonds is 8. The number of carbonyl (C=O) groups is 1. The summed E-state index contributed by atoms with van der Waals surface area (Å²) in [7, 11) is 0. The lowest BCUT2D eigenvalue weighted by atomic mass is 9.97. The second-order valence-electron chi connectivity index (χ2n) is 4.61. The van der Waals surface area contributed by atoms with Gasteiger partial charge in [-0.05, 0) is 23.8 Å². The summed E-state index contributed by atoms with van der Waals surface area (Å²) < 4.78 is 0. The molecule has 1 heterocycles. The molecule has 0 saturated carbocycles. The zero-order valence-electron chi connectivity index (χ0n) is 11.7. The van der Waals surface area contributed by atoms with Gasteiger partial charge >= 0.3 is 6.03 Å². The molecule has 0 saturated heterocycles. The lowest BCUT2D eigenvalue weighted by Gasteiger charge is -2.20. The molecular weight excluding hydrogens is 260 g/mol. The molecule has 0 spiro atoms. The largest absolute Gasteiger partial charge is 0.391 e. The second kappa shape index (κ2) is 8.93. The Morgan fingerprint density at radius 2 is 2.11 bits per heavy atom. The van der Waals surface area contributed by atoms with Crippen LogP contribution in [0.3, 0.4) is 0 Å². The van der Waals surface area contributed by atoms with Crippen LogP contribution >= 0.6 is 11.3 Å². The Morgan fingerprint density at radius 3 is 2.68 bits per heavy atom. The first-order valence-corrected chi connectivity index (χ1v) is 7.77. The van der Waals surface area contributed by atoms with E-state index in [9.17, 15) is 9.90 Å². The molecule has 0 bridgehead atoms. The molecular formula is C14H24N2O2S. The van der Waals surface area contributed by atoms with E-state index < -0.39 is 6.10 Å². The summed E-state index contributed by atoms with van der Waals surface area (Å²) in [6.07, 6.45) is 2.25. The number of thiophene rings is 1. The summed E-state index contributed by atoms with van der Waals surface area (Å²) in [5, 5.41) is 17.4. The van der Waals surface area contributed by atoms with E-state index in [1.54, 1.807) is 11.3 Å². The van der Waals surface area contributed by atoms with E-state index in [0.717, 1.165) is 19.3 Å². The van der Waals surface area contributed by atoms with Gasteiger partial charge in [-0.25, -0.2) is 4.79 Å². The first kappa shape index (κ1) is 16.0. The van der Waals surface area contributed by atoms with Gasteiger partial charge in [-0.15, -0.1) is 11.3 Å². The molecule has 2 amide bonds. The first-order chi connectivity index (χ1) is 9.17. The van der Waals surface area contributed by atoms with Crippen LogP contribution in [0.25, 0.3) is 0 Å². The smallest absolute Gasteiger partial charge is 0.314 e. The molecule has 0 aliphatic heterocycles. The highest BCUT2D eigenvalue weighted by Crippen LogP contribution is 2.12. The van der Waals surface area contributed by atoms with Crippen LogP contribution in [-0.4, -0.2) is 30.3 Å². The van der Waals surface area contributed by atoms with E-state index in [1.165, 1.54) is 4.88 Å². The van der Waals surface area contributed by atoms with E-state index in [0.29, 0.717) is 13.1 Å². The SMILES string of the molecule is CCC(CC)C(O)CNC(=O)NCCc1cccs1. The van der Waals surface area contributed by atoms with Crippen molar-refractivity contribution in [2.45, 2.75) is 39.2 Å². The topological polar surface area (TPSA) is 61.4 Å². The Morgan fingerprint density at radius 1 is 1.37 bits per heavy atom. The second-order valence-corrected chi connectivity index (χ2v) is 5.64. The molecule has 0 aliphatic carbocycles. The quantitative estimate of drug-likeness (QED) is 0.686. The van der Waals surface area contributed by atoms with Crippen LogP contribution in [0.2, 0.25) is 0 Å². The number of amides is 2. The predicted octanol–water partition coefficient (Wildman–Crippen LogP) is 2.39. The number of hydrogen-bond acceptors (Lipinski definition) is 3. The zero-order valence-corrected chi connectivity index (χ0v) is 12.5. The van der Waals surface area contributed by atoms with E-state index >= 15 is 0 Å². The number of hydrogen-bond donors (Lipinski definition) is 3. The number of aliphatic hydroxyl groups excluding tert-OH is 1. The van der Waals surface area contributed by atoms with Crippen LogP contribution in [0, 0.1) is 5.92 Å². The molecule has 4 nitrogen and oxygen atoms in total. The lowest BCUT2D eigenvalue weighted by Crippen LogP contribution is -2.42. The highest BCUT2D eigenvalue weighted by Gasteiger charge is 2.15. The van der Waals surface area contributed by atoms with Crippen molar-refractivity contribution < 1.29 is 9.90 Å². The minimum absolute atomic E-state index is 0.207. The normalized spacial score (nSPS) is 12.4. The van der Waals surface area contributed by atoms with Crippen molar-refractivity contribution >= 4 is 17.4 Å². The summed E-state index contributed by atoms with van der Waals surface area (Å²) in [6.45, 7) is 5.04. The Balaban J connectivity index is 2.13. The van der Waals surface area contributed by atoms with Crippen molar-refractivity contribution in [2.75, 3.05) is 13.1 Å². The van der Waals surface area contributed by atoms with E-state index in [1.807, 2.05) is 11.4 Å². The highest BCUT2D eigenvalue weighted by molar-refractivity contribution is 7.09. The fraction of sp³-hybridized carbons (Fsp3) is 0.643. The number of nitrogens with one attached hydrogen (secondary N) is 2. The third-order valence-corrected chi connectivity index (χ3v) is 4.24. The van der Waals surface area contributed by atoms with Gasteiger partial charge in [0.1, 0.15) is 0 Å². The fourth-order valence-corrected chi connectivity index (χ4v) is 2.72. The van der Waals surface area contributed by atoms with Gasteiger partial charge in [-0.1, -0.05) is 32.8 Å². The summed E-state index contributed by atoms with van der Waals surface area (Å²) in [5.74, 6) is 0.256. The van der Waals surface area contributed by atoms with Gasteiger partial charge in [-0.3, -0.25) is 0 Å². The number of urea groups is 1. The van der Waals surface area contributed by atoms with E-state index in [-0.39, 0.29) is 11.9 Å². The van der Waals surface area contributed by atoms with Crippen LogP contribution in [-0.2, 0) is 6.42 Å². The van der Waals surface area contributed by atoms with Gasteiger partial charge in [0.15, 0.2) is 0 Å². The molecule has 108 valence electrons. The molecule has 0 aliphatic rings. The maximum Gasteiger partial charge on any atom is 0.314 e. The van der Waals surface area contributed by atoms with Crippen molar-refractivity contribution in [1.82, 2.24) is 10.6 Å². The fourth-order valence-electron chi connectivity index (χ4n) is 2.01. The summed E-state index contributed by atoms with van der Waals surface area (Å²) >= 11 is 1.69. The molecule has 0 aromatic carbocycles. The Kier molecular flexibility index (Phi) is 7.52. The van der Waals surface area contributed by atoms with E-state index in [4.69, 9.17) is 0 Å². The predicted molar refractivity (Wildman–Crippen MR) is 79.5 cm³/mol. The molecule has 3 N–H and O–H groups in total. The Bertz CT molecular complexity index is 350. The zero-order chi connectivity index (χ0) is 14.1. The lowest BCUT2D eigenvalue weighted by molar-refractivity contribution is 0.103. The monoisotopic (exact) mass is 284 g/mol. The number of aliphatic hydroxyl groups is 1. The van der Waals surface area contributed by atoms with Gasteiger partial charge < -0.3 is 15.7 Å². The standard InChI is InChI=1S/C14H24N2O2S/c1-3-11(4-2)13(17)10-16-14(18)15-8-7-12-6-5-9-19-12/h5-6,9,11,13,17H,3-4,7-8,10H2,1-2H3,(H2,15,16,18). The van der Waals surface area contributed by atoms with Gasteiger partial charge in [0.05, 0.1) is 6.10 Å². The van der Waals surface area contributed by atoms with E-state index in [2.05, 4.69) is 30.5 Å². The summed E-state index contributed by atoms with van der Waals surface area (Å²) in [5.41, 5.74) is 0. The third kappa shape index (κ3) is 6.07. The molecule has 19 heavy (non-hydrogen) atoms. The average Bonchev–Trinajstić information content (AvgIpc) is 2.91. The minimum Gasteiger partial charge on any atom is -0.391 e. The molecule has 1 aromatic heterocycles. The van der Waals surface area contributed by atoms with Gasteiger partial charge in [0.25, 0.3) is 0 Å². The Labute approximate surface area is 119 Å². The molecule has 0 fully saturated rings. The molecule has 1 unspecified atom stereocenters. The van der Waals surface area contributed by atoms with Gasteiger partial charge in [0, 0.05) is 18.0 Å². The van der Waals surface area contributed by atoms with Crippen molar-refractivity contribution in [3.8, 4) is 0 Å². The van der Waals surface area contributed by atoms with Gasteiger partial charge in [-0.2, -0.15) is 0 Å². The van der Waals surface area contributed by atoms with Crippen molar-refractivity contribution in [3.63, 3.8) is 0 Å². The van der Waals surface area contributed by atoms with Crippen molar-refractivity contribution in [3.05, 3.63) is 22.4 Å². The maximum atomic E-state index is 11.5. The Hall–Kier alpha value is -1.07. The van der Waals surface area contributed by atoms with Crippen LogP contribution in [0.5, 0.6) is 0 Å². The summed E-state index contributed by atoms with van der Waals surface area (Å²) in [4.78, 5) is 12.8. The van der Waals surface area contributed by atoms with Crippen molar-refractivity contribution in [1.29, 1.82) is 0 Å². The van der Waals surface area contributed by atoms with Crippen LogP contribution in [0.1, 0.15) is 31.6 Å². The molecule has 0 radical (unpaired) electrons. The van der Waals surface area contributed by atoms with Crippen molar-refractivity contribution in [2.24, 2.45) is 5.92 Å². The first-order valence-electron chi connectivity index (χ1n) is 6.89. The molecule has 1 rings (SSSR count). The van der Waals surface area contributed by atoms with Crippen LogP contribution < -0.4 is 10.6 Å². The van der Waals surface area contributed by atoms with Crippen LogP contribution in [0.4, 0.5) is 4.79 Å². The van der Waals surface area contributed by atoms with Crippen LogP contribution in [0.15, 0.2) is 17.5 Å². The minimum atomic E-state index is -0.460. The molecule has 1 atom stereocenters. The highest BCUT2D eigenvalue weighted by atomic mass is 32.1.